The molecule has 0 N–H and O–H groups in total. The second kappa shape index (κ2) is 15.8. The Morgan fingerprint density at radius 1 is 1.08 bits per heavy atom. The number of aryl methyl sites for hydroxylation is 1. The van der Waals surface area contributed by atoms with E-state index in [1.807, 2.05) is 59.2 Å². The molecule has 0 fully saturated rings. The lowest BCUT2D eigenvalue weighted by Crippen LogP contribution is -2.18. The number of carbonyl (C=O) groups is 2. The Labute approximate surface area is 221 Å². The molecule has 7 nitrogen and oxygen atoms in total. The zero-order valence-corrected chi connectivity index (χ0v) is 23.2. The number of fused-ring (bicyclic) bond motifs is 2. The van der Waals surface area contributed by atoms with E-state index in [9.17, 15) is 9.59 Å². The van der Waals surface area contributed by atoms with Crippen LogP contribution in [-0.4, -0.2) is 54.7 Å². The molecule has 0 spiro atoms. The van der Waals surface area contributed by atoms with E-state index in [0.717, 1.165) is 41.8 Å². The summed E-state index contributed by atoms with van der Waals surface area (Å²) in [4.78, 5) is 31.4. The average Bonchev–Trinajstić information content (AvgIpc) is 3.25. The van der Waals surface area contributed by atoms with E-state index < -0.39 is 12.1 Å². The Kier molecular flexibility index (Phi) is 12.8. The maximum atomic E-state index is 12.6. The summed E-state index contributed by atoms with van der Waals surface area (Å²) in [5.74, 6) is -0.136. The molecule has 2 bridgehead atoms. The molecular weight excluding hydrogens is 468 g/mol. The molecule has 2 heterocycles. The normalized spacial score (nSPS) is 24.0. The van der Waals surface area contributed by atoms with Gasteiger partial charge >= 0.3 is 11.9 Å². The molecule has 0 aromatic carbocycles. The highest BCUT2D eigenvalue weighted by molar-refractivity contribution is 5.82. The van der Waals surface area contributed by atoms with Gasteiger partial charge in [0.1, 0.15) is 18.5 Å². The third kappa shape index (κ3) is 13.1. The number of allylic oxidation sites excluding steroid dienone is 6. The highest BCUT2D eigenvalue weighted by Crippen LogP contribution is 2.15. The van der Waals surface area contributed by atoms with Gasteiger partial charge in [0.05, 0.1) is 12.1 Å². The predicted octanol–water partition coefficient (Wildman–Crippen LogP) is 5.69. The van der Waals surface area contributed by atoms with Gasteiger partial charge in [0.25, 0.3) is 0 Å². The summed E-state index contributed by atoms with van der Waals surface area (Å²) >= 11 is 0. The van der Waals surface area contributed by atoms with Crippen molar-refractivity contribution in [2.75, 3.05) is 20.6 Å². The first-order valence-electron chi connectivity index (χ1n) is 13.0. The summed E-state index contributed by atoms with van der Waals surface area (Å²) in [6.07, 6.45) is 17.5. The second-order valence-electron chi connectivity index (χ2n) is 9.95. The number of cyclic esters (lactones) is 2. The van der Waals surface area contributed by atoms with Gasteiger partial charge in [0.15, 0.2) is 5.89 Å². The molecule has 0 aliphatic carbocycles. The molecule has 7 heteroatoms. The van der Waals surface area contributed by atoms with Crippen molar-refractivity contribution in [1.82, 2.24) is 9.88 Å². The summed E-state index contributed by atoms with van der Waals surface area (Å²) in [5, 5.41) is 0. The van der Waals surface area contributed by atoms with Crippen molar-refractivity contribution in [3.63, 3.8) is 0 Å². The minimum atomic E-state index is -0.530. The van der Waals surface area contributed by atoms with Crippen LogP contribution < -0.4 is 0 Å². The topological polar surface area (TPSA) is 81.9 Å². The zero-order chi connectivity index (χ0) is 27.2. The predicted molar refractivity (Wildman–Crippen MR) is 146 cm³/mol. The van der Waals surface area contributed by atoms with Crippen molar-refractivity contribution in [2.45, 2.75) is 78.4 Å². The van der Waals surface area contributed by atoms with E-state index in [1.54, 1.807) is 12.3 Å². The van der Waals surface area contributed by atoms with Crippen molar-refractivity contribution in [3.8, 4) is 0 Å². The first kappa shape index (κ1) is 30.0. The molecule has 0 unspecified atom stereocenters. The van der Waals surface area contributed by atoms with Gasteiger partial charge in [-0.15, -0.1) is 0 Å². The summed E-state index contributed by atoms with van der Waals surface area (Å²) in [7, 11) is 4.06. The van der Waals surface area contributed by atoms with Crippen LogP contribution in [0.2, 0.25) is 0 Å². The van der Waals surface area contributed by atoms with Crippen LogP contribution in [0.1, 0.15) is 65.0 Å². The molecule has 1 aromatic heterocycles. The number of rotatable bonds is 5. The Bertz CT molecular complexity index is 1040. The zero-order valence-electron chi connectivity index (χ0n) is 23.2. The third-order valence-electron chi connectivity index (χ3n) is 5.70. The Morgan fingerprint density at radius 2 is 1.81 bits per heavy atom. The molecular formula is C30H42N2O5. The number of oxazole rings is 1. The van der Waals surface area contributed by atoms with Gasteiger partial charge < -0.3 is 18.8 Å². The molecule has 37 heavy (non-hydrogen) atoms. The van der Waals surface area contributed by atoms with Crippen LogP contribution in [-0.2, 0) is 31.9 Å². The van der Waals surface area contributed by atoms with Crippen LogP contribution in [0.5, 0.6) is 0 Å². The fraction of sp³-hybridized carbons (Fsp3) is 0.500. The van der Waals surface area contributed by atoms with E-state index in [1.165, 1.54) is 6.08 Å². The van der Waals surface area contributed by atoms with Gasteiger partial charge in [-0.3, -0.25) is 4.79 Å². The minimum Gasteiger partial charge on any atom is -0.462 e. The molecule has 0 radical (unpaired) electrons. The van der Waals surface area contributed by atoms with Crippen molar-refractivity contribution in [3.05, 3.63) is 77.1 Å². The highest BCUT2D eigenvalue weighted by atomic mass is 16.5. The van der Waals surface area contributed by atoms with Gasteiger partial charge in [-0.2, -0.15) is 0 Å². The molecule has 0 amide bonds. The van der Waals surface area contributed by atoms with Crippen LogP contribution in [0.25, 0.3) is 0 Å². The quantitative estimate of drug-likeness (QED) is 0.372. The molecule has 2 atom stereocenters. The molecule has 0 saturated carbocycles. The number of carbonyl (C=O) groups excluding carboxylic acids is 2. The maximum absolute atomic E-state index is 12.6. The summed E-state index contributed by atoms with van der Waals surface area (Å²) < 4.78 is 16.9. The molecule has 2 rings (SSSR count). The van der Waals surface area contributed by atoms with Crippen molar-refractivity contribution in [1.29, 1.82) is 0 Å². The number of aromatic nitrogens is 1. The van der Waals surface area contributed by atoms with Gasteiger partial charge in [-0.1, -0.05) is 47.1 Å². The van der Waals surface area contributed by atoms with E-state index in [2.05, 4.69) is 22.9 Å². The Balaban J connectivity index is 2.21. The highest BCUT2D eigenvalue weighted by Gasteiger charge is 2.16. The van der Waals surface area contributed by atoms with Crippen LogP contribution in [0.4, 0.5) is 0 Å². The number of esters is 2. The largest absolute Gasteiger partial charge is 0.462 e. The molecule has 1 aromatic rings. The smallest absolute Gasteiger partial charge is 0.331 e. The third-order valence-corrected chi connectivity index (χ3v) is 5.70. The van der Waals surface area contributed by atoms with Gasteiger partial charge in [0, 0.05) is 25.5 Å². The minimum absolute atomic E-state index is 0.194. The number of hydrogen-bond donors (Lipinski definition) is 0. The van der Waals surface area contributed by atoms with E-state index in [-0.39, 0.29) is 12.1 Å². The van der Waals surface area contributed by atoms with Gasteiger partial charge in [-0.05, 0) is 67.1 Å². The van der Waals surface area contributed by atoms with Crippen LogP contribution >= 0.6 is 0 Å². The molecule has 1 aliphatic heterocycles. The van der Waals surface area contributed by atoms with Crippen molar-refractivity contribution >= 4 is 11.9 Å². The molecule has 0 saturated heterocycles. The van der Waals surface area contributed by atoms with Gasteiger partial charge in [-0.25, -0.2) is 9.78 Å². The average molecular weight is 511 g/mol. The number of hydrogen-bond acceptors (Lipinski definition) is 7. The van der Waals surface area contributed by atoms with E-state index in [0.29, 0.717) is 31.6 Å². The first-order chi connectivity index (χ1) is 17.6. The standard InChI is InChI=1S/C30H42N2O5/c1-22(16-17-32(5)6)14-15-24(3)19-27-20-28-31-26(21-35-28)11-7-8-12-29(33)36-25(4)18-23(2)10-9-13-30(34)37-27/h9-10,13-16,19,21,25,27H,7-8,11-12,17-18,20H2,1-6H3/b13-9-,15-14+,22-16+,23-10+,24-19+/t25-,27+/m0/s1. The lowest BCUT2D eigenvalue weighted by atomic mass is 10.1. The molecule has 1 aliphatic rings. The summed E-state index contributed by atoms with van der Waals surface area (Å²) in [6.45, 7) is 8.72. The van der Waals surface area contributed by atoms with Crippen LogP contribution in [0.15, 0.2) is 69.9 Å². The molecule has 202 valence electrons. The van der Waals surface area contributed by atoms with Gasteiger partial charge in [0.2, 0.25) is 0 Å². The number of likely N-dealkylation sites (N-methyl/N-ethyl adjacent to an activating group) is 1. The van der Waals surface area contributed by atoms with E-state index >= 15 is 0 Å². The Hall–Kier alpha value is -3.19. The van der Waals surface area contributed by atoms with E-state index in [4.69, 9.17) is 13.9 Å². The lowest BCUT2D eigenvalue weighted by Gasteiger charge is -2.13. The fourth-order valence-corrected chi connectivity index (χ4v) is 3.77. The fourth-order valence-electron chi connectivity index (χ4n) is 3.77. The van der Waals surface area contributed by atoms with Crippen molar-refractivity contribution in [2.24, 2.45) is 0 Å². The maximum Gasteiger partial charge on any atom is 0.331 e. The van der Waals surface area contributed by atoms with Crippen molar-refractivity contribution < 1.29 is 23.5 Å². The Morgan fingerprint density at radius 3 is 2.57 bits per heavy atom. The van der Waals surface area contributed by atoms with Crippen LogP contribution in [0, 0.1) is 0 Å². The number of nitrogens with zero attached hydrogens (tertiary/aromatic N) is 2. The summed E-state index contributed by atoms with van der Waals surface area (Å²) in [6, 6.07) is 0. The first-order valence-corrected chi connectivity index (χ1v) is 13.0. The SMILES string of the molecule is CC(/C=C/C(C)=C/[C@@H]1Cc2nc(co2)CCCCC(=O)O[C@@H](C)C/C(C)=C/C=C\C(=O)O1)=C\CN(C)C. The number of ether oxygens (including phenoxy) is 2. The van der Waals surface area contributed by atoms with Crippen LogP contribution in [0.3, 0.4) is 0 Å². The second-order valence-corrected chi connectivity index (χ2v) is 9.95. The summed E-state index contributed by atoms with van der Waals surface area (Å²) in [5.41, 5.74) is 3.95. The lowest BCUT2D eigenvalue weighted by molar-refractivity contribution is -0.148. The monoisotopic (exact) mass is 510 g/mol.